The summed E-state index contributed by atoms with van der Waals surface area (Å²) in [5, 5.41) is 0. The summed E-state index contributed by atoms with van der Waals surface area (Å²) >= 11 is 0. The number of hydrogen-bond acceptors (Lipinski definition) is 9. The van der Waals surface area contributed by atoms with Gasteiger partial charge in [0.1, 0.15) is 28.6 Å². The molecule has 0 saturated heterocycles. The smallest absolute Gasteiger partial charge is 0.422 e. The van der Waals surface area contributed by atoms with Crippen LogP contribution in [0.2, 0.25) is 0 Å². The number of carbonyl (C=O) groups is 5. The first-order valence-electron chi connectivity index (χ1n) is 16.2. The summed E-state index contributed by atoms with van der Waals surface area (Å²) in [6.45, 7) is 11.6. The van der Waals surface area contributed by atoms with Gasteiger partial charge in [-0.05, 0) is 79.2 Å². The topological polar surface area (TPSA) is 122 Å². The maximum atomic E-state index is 12.9. The first kappa shape index (κ1) is 42.0. The van der Waals surface area contributed by atoms with E-state index < -0.39 is 47.2 Å². The van der Waals surface area contributed by atoms with Crippen LogP contribution in [0.1, 0.15) is 47.2 Å². The molecule has 0 aliphatic rings. The predicted molar refractivity (Wildman–Crippen MR) is 200 cm³/mol. The Balaban J connectivity index is 1.62. The fraction of sp³-hybridized carbons (Fsp3) is 0.0682. The van der Waals surface area contributed by atoms with Gasteiger partial charge in [0, 0.05) is 40.8 Å². The van der Waals surface area contributed by atoms with Crippen molar-refractivity contribution in [3.8, 4) is 46.7 Å². The summed E-state index contributed by atoms with van der Waals surface area (Å²) < 4.78 is 71.6. The van der Waals surface area contributed by atoms with E-state index >= 15 is 0 Å². The predicted octanol–water partition coefficient (Wildman–Crippen LogP) is 8.05. The number of hydrogen-bond donors (Lipinski definition) is 0. The molecule has 4 aromatic carbocycles. The van der Waals surface area contributed by atoms with Crippen molar-refractivity contribution < 1.29 is 60.5 Å². The molecule has 0 spiro atoms. The molecule has 0 amide bonds. The minimum absolute atomic E-state index is 0.0364. The van der Waals surface area contributed by atoms with Gasteiger partial charge in [-0.1, -0.05) is 67.7 Å². The molecule has 9 nitrogen and oxygen atoms in total. The zero-order valence-corrected chi connectivity index (χ0v) is 30.0. The highest BCUT2D eigenvalue weighted by atomic mass is 19.4. The molecule has 0 aliphatic heterocycles. The van der Waals surface area contributed by atoms with Crippen molar-refractivity contribution in [3.05, 3.63) is 155 Å². The Labute approximate surface area is 323 Å². The molecule has 57 heavy (non-hydrogen) atoms. The van der Waals surface area contributed by atoms with Gasteiger partial charge in [0.2, 0.25) is 11.6 Å². The molecule has 0 aromatic heterocycles. The van der Waals surface area contributed by atoms with Gasteiger partial charge in [0.25, 0.3) is 0 Å². The Hall–Kier alpha value is -7.77. The monoisotopic (exact) mass is 776 g/mol. The van der Waals surface area contributed by atoms with Gasteiger partial charge in [0.05, 0.1) is 5.56 Å². The zero-order chi connectivity index (χ0) is 41.9. The van der Waals surface area contributed by atoms with Crippen LogP contribution in [0.25, 0.3) is 12.2 Å². The zero-order valence-electron chi connectivity index (χ0n) is 30.0. The molecule has 0 radical (unpaired) electrons. The number of ether oxygens (including phenoxy) is 4. The molecule has 0 atom stereocenters. The summed E-state index contributed by atoms with van der Waals surface area (Å²) in [6.07, 6.45) is -1.77. The third-order valence-electron chi connectivity index (χ3n) is 7.15. The Morgan fingerprint density at radius 3 is 1.53 bits per heavy atom. The molecule has 0 aliphatic carbocycles. The van der Waals surface area contributed by atoms with Crippen LogP contribution in [0.15, 0.2) is 122 Å². The number of rotatable bonds is 10. The van der Waals surface area contributed by atoms with Crippen LogP contribution >= 0.6 is 0 Å². The van der Waals surface area contributed by atoms with Crippen LogP contribution < -0.4 is 18.9 Å². The lowest BCUT2D eigenvalue weighted by molar-refractivity contribution is -0.146. The van der Waals surface area contributed by atoms with Gasteiger partial charge in [-0.3, -0.25) is 4.79 Å². The Kier molecular flexibility index (Phi) is 13.6. The third kappa shape index (κ3) is 12.4. The highest BCUT2D eigenvalue weighted by Crippen LogP contribution is 2.32. The van der Waals surface area contributed by atoms with E-state index in [0.29, 0.717) is 22.3 Å². The average molecular weight is 777 g/mol. The molecule has 0 unspecified atom stereocenters. The fourth-order valence-electron chi connectivity index (χ4n) is 4.14. The molecule has 13 heteroatoms. The van der Waals surface area contributed by atoms with Gasteiger partial charge in [-0.2, -0.15) is 17.6 Å². The van der Waals surface area contributed by atoms with E-state index in [9.17, 15) is 41.5 Å². The SMILES string of the molecule is C=C(C)C(=O)Oc1cc(C=Cc2ccc(C#Cc3ccc(OC(=O)C(=C)F)cc3)cc2)c(OC(=O)C(C)=O)cc1C#Cc1ccc(OC(=O)C(=C)C(F)(F)F)cc1. The minimum Gasteiger partial charge on any atom is -0.423 e. The van der Waals surface area contributed by atoms with Crippen LogP contribution in [-0.4, -0.2) is 35.8 Å². The molecule has 0 saturated carbocycles. The van der Waals surface area contributed by atoms with Crippen LogP contribution in [0, 0.1) is 23.7 Å². The number of esters is 4. The van der Waals surface area contributed by atoms with Gasteiger partial charge < -0.3 is 18.9 Å². The lowest BCUT2D eigenvalue weighted by Gasteiger charge is -2.12. The fourth-order valence-corrected chi connectivity index (χ4v) is 4.14. The average Bonchev–Trinajstić information content (AvgIpc) is 3.16. The second-order valence-electron chi connectivity index (χ2n) is 11.7. The number of benzene rings is 4. The number of carbonyl (C=O) groups excluding carboxylic acids is 5. The van der Waals surface area contributed by atoms with E-state index in [1.54, 1.807) is 48.6 Å². The van der Waals surface area contributed by atoms with Gasteiger partial charge in [-0.25, -0.2) is 19.2 Å². The van der Waals surface area contributed by atoms with Crippen LogP contribution in [0.4, 0.5) is 17.6 Å². The number of ketones is 1. The van der Waals surface area contributed by atoms with Crippen molar-refractivity contribution >= 4 is 41.8 Å². The quantitative estimate of drug-likeness (QED) is 0.0300. The highest BCUT2D eigenvalue weighted by molar-refractivity contribution is 6.33. The van der Waals surface area contributed by atoms with Gasteiger partial charge >= 0.3 is 30.1 Å². The van der Waals surface area contributed by atoms with Crippen LogP contribution in [-0.2, 0) is 24.0 Å². The molecule has 286 valence electrons. The summed E-state index contributed by atoms with van der Waals surface area (Å²) in [6, 6.07) is 20.8. The Morgan fingerprint density at radius 1 is 0.579 bits per heavy atom. The van der Waals surface area contributed by atoms with E-state index in [4.69, 9.17) is 18.9 Å². The van der Waals surface area contributed by atoms with E-state index in [2.05, 4.69) is 43.4 Å². The lowest BCUT2D eigenvalue weighted by atomic mass is 10.1. The molecule has 0 bridgehead atoms. The summed E-state index contributed by atoms with van der Waals surface area (Å²) in [7, 11) is 0. The van der Waals surface area contributed by atoms with E-state index in [0.717, 1.165) is 6.92 Å². The molecule has 0 heterocycles. The van der Waals surface area contributed by atoms with Crippen molar-refractivity contribution in [2.45, 2.75) is 20.0 Å². The maximum Gasteiger partial charge on any atom is 0.422 e. The number of Topliss-reactive ketones (excluding diaryl/α,β-unsaturated/α-hetero) is 1. The van der Waals surface area contributed by atoms with Crippen molar-refractivity contribution in [2.24, 2.45) is 0 Å². The van der Waals surface area contributed by atoms with E-state index in [-0.39, 0.29) is 39.7 Å². The first-order valence-corrected chi connectivity index (χ1v) is 16.2. The van der Waals surface area contributed by atoms with Crippen molar-refractivity contribution in [2.75, 3.05) is 0 Å². The maximum absolute atomic E-state index is 12.9. The minimum atomic E-state index is -4.96. The molecular weight excluding hydrogens is 748 g/mol. The van der Waals surface area contributed by atoms with Crippen molar-refractivity contribution in [1.29, 1.82) is 0 Å². The molecular formula is C44H28F4O9. The van der Waals surface area contributed by atoms with Gasteiger partial charge in [-0.15, -0.1) is 0 Å². The van der Waals surface area contributed by atoms with E-state index in [1.807, 2.05) is 0 Å². The molecule has 0 N–H and O–H groups in total. The molecule has 4 rings (SSSR count). The van der Waals surface area contributed by atoms with Crippen LogP contribution in [0.3, 0.4) is 0 Å². The summed E-state index contributed by atoms with van der Waals surface area (Å²) in [5.41, 5.74) is 0.830. The van der Waals surface area contributed by atoms with Crippen LogP contribution in [0.5, 0.6) is 23.0 Å². The van der Waals surface area contributed by atoms with Crippen molar-refractivity contribution in [3.63, 3.8) is 0 Å². The summed E-state index contributed by atoms with van der Waals surface area (Å²) in [4.78, 5) is 59.9. The Bertz CT molecular complexity index is 2450. The number of alkyl halides is 3. The first-order chi connectivity index (χ1) is 26.9. The Morgan fingerprint density at radius 2 is 1.05 bits per heavy atom. The molecule has 4 aromatic rings. The molecule has 0 fully saturated rings. The normalized spacial score (nSPS) is 10.5. The second-order valence-corrected chi connectivity index (χ2v) is 11.7. The van der Waals surface area contributed by atoms with Crippen molar-refractivity contribution in [1.82, 2.24) is 0 Å². The van der Waals surface area contributed by atoms with E-state index in [1.165, 1.54) is 55.5 Å². The third-order valence-corrected chi connectivity index (χ3v) is 7.15. The largest absolute Gasteiger partial charge is 0.423 e. The lowest BCUT2D eigenvalue weighted by Crippen LogP contribution is -2.23. The number of halogens is 4. The standard InChI is InChI=1S/C44H28F4O9/c1-26(2)40(50)56-38-24-35(18-12-31-9-6-30(7-10-31)8-11-32-14-22-37(23-15-32)55-42(52)28(4)45)39(57-43(53)29(5)49)25-34(38)19-13-33-16-20-36(21-17-33)54-41(51)27(3)44(46,47)48/h6-7,9-10,12,14-18,20-25H,1,3-4H2,2,5H3. The second kappa shape index (κ2) is 18.5. The summed E-state index contributed by atoms with van der Waals surface area (Å²) in [5.74, 6) is 4.28. The van der Waals surface area contributed by atoms with Gasteiger partial charge in [0.15, 0.2) is 0 Å². The highest BCUT2D eigenvalue weighted by Gasteiger charge is 2.38.